The molecule has 1 N–H and O–H groups in total. The van der Waals surface area contributed by atoms with Gasteiger partial charge in [-0.05, 0) is 20.1 Å². The van der Waals surface area contributed by atoms with E-state index in [9.17, 15) is 9.59 Å². The molecule has 0 radical (unpaired) electrons. The number of nitrogens with one attached hydrogen (secondary N) is 1. The van der Waals surface area contributed by atoms with E-state index in [2.05, 4.69) is 15.3 Å². The molecule has 0 aliphatic carbocycles. The van der Waals surface area contributed by atoms with E-state index in [0.29, 0.717) is 24.1 Å². The van der Waals surface area contributed by atoms with Gasteiger partial charge in [0.15, 0.2) is 5.16 Å². The molecule has 0 fully saturated rings. The number of hydrogen-bond acceptors (Lipinski definition) is 8. The third-order valence-corrected chi connectivity index (χ3v) is 2.93. The minimum Gasteiger partial charge on any atom is -0.466 e. The van der Waals surface area contributed by atoms with E-state index in [0.717, 1.165) is 0 Å². The van der Waals surface area contributed by atoms with E-state index < -0.39 is 5.97 Å². The maximum absolute atomic E-state index is 11.8. The SMILES string of the molecule is CCOC(=O)CCNc1nc(SC)ncc1C(=O)OCC. The van der Waals surface area contributed by atoms with Crippen LogP contribution < -0.4 is 5.32 Å². The Morgan fingerprint density at radius 1 is 1.29 bits per heavy atom. The fraction of sp³-hybridized carbons (Fsp3) is 0.538. The number of hydrogen-bond donors (Lipinski definition) is 1. The van der Waals surface area contributed by atoms with E-state index in [-0.39, 0.29) is 24.6 Å². The third-order valence-electron chi connectivity index (χ3n) is 2.37. The van der Waals surface area contributed by atoms with Crippen molar-refractivity contribution in [1.29, 1.82) is 0 Å². The predicted octanol–water partition coefficient (Wildman–Crippen LogP) is 1.74. The van der Waals surface area contributed by atoms with Gasteiger partial charge in [-0.2, -0.15) is 0 Å². The lowest BCUT2D eigenvalue weighted by Crippen LogP contribution is -2.16. The topological polar surface area (TPSA) is 90.4 Å². The Morgan fingerprint density at radius 3 is 2.62 bits per heavy atom. The van der Waals surface area contributed by atoms with Crippen LogP contribution in [0.3, 0.4) is 0 Å². The zero-order valence-corrected chi connectivity index (χ0v) is 13.2. The summed E-state index contributed by atoms with van der Waals surface area (Å²) in [5.74, 6) is -0.442. The molecule has 0 atom stereocenters. The van der Waals surface area contributed by atoms with Gasteiger partial charge in [0.2, 0.25) is 0 Å². The molecule has 0 aliphatic heterocycles. The Hall–Kier alpha value is -1.83. The van der Waals surface area contributed by atoms with E-state index in [1.807, 2.05) is 6.26 Å². The molecule has 21 heavy (non-hydrogen) atoms. The molecule has 7 nitrogen and oxygen atoms in total. The number of nitrogens with zero attached hydrogens (tertiary/aromatic N) is 2. The molecule has 0 aromatic carbocycles. The van der Waals surface area contributed by atoms with Crippen molar-refractivity contribution >= 4 is 29.5 Å². The summed E-state index contributed by atoms with van der Waals surface area (Å²) in [5, 5.41) is 3.48. The van der Waals surface area contributed by atoms with Crippen LogP contribution in [0.2, 0.25) is 0 Å². The molecule has 116 valence electrons. The predicted molar refractivity (Wildman–Crippen MR) is 79.5 cm³/mol. The average Bonchev–Trinajstić information content (AvgIpc) is 2.47. The van der Waals surface area contributed by atoms with Crippen LogP contribution in [0.5, 0.6) is 0 Å². The second-order valence-corrected chi connectivity index (χ2v) is 4.59. The number of carbonyl (C=O) groups is 2. The van der Waals surface area contributed by atoms with Crippen LogP contribution in [0.4, 0.5) is 5.82 Å². The zero-order valence-electron chi connectivity index (χ0n) is 12.3. The van der Waals surface area contributed by atoms with Gasteiger partial charge < -0.3 is 14.8 Å². The van der Waals surface area contributed by atoms with Gasteiger partial charge >= 0.3 is 11.9 Å². The molecular formula is C13H19N3O4S. The van der Waals surface area contributed by atoms with E-state index in [1.54, 1.807) is 13.8 Å². The summed E-state index contributed by atoms with van der Waals surface area (Å²) in [4.78, 5) is 31.4. The molecule has 0 saturated carbocycles. The molecule has 0 bridgehead atoms. The lowest BCUT2D eigenvalue weighted by Gasteiger charge is -2.10. The fourth-order valence-electron chi connectivity index (χ4n) is 1.47. The molecule has 8 heteroatoms. The Bertz CT molecular complexity index is 496. The summed E-state index contributed by atoms with van der Waals surface area (Å²) >= 11 is 1.36. The van der Waals surface area contributed by atoms with Crippen molar-refractivity contribution < 1.29 is 19.1 Å². The van der Waals surface area contributed by atoms with Crippen molar-refractivity contribution in [1.82, 2.24) is 9.97 Å². The Kier molecular flexibility index (Phi) is 7.52. The number of rotatable bonds is 8. The van der Waals surface area contributed by atoms with E-state index in [1.165, 1.54) is 18.0 Å². The summed E-state index contributed by atoms with van der Waals surface area (Å²) in [6.45, 7) is 4.40. The van der Waals surface area contributed by atoms with E-state index >= 15 is 0 Å². The van der Waals surface area contributed by atoms with Gasteiger partial charge in [0.25, 0.3) is 0 Å². The Balaban J connectivity index is 2.77. The number of esters is 2. The molecule has 0 amide bonds. The first-order valence-electron chi connectivity index (χ1n) is 6.60. The van der Waals surface area contributed by atoms with Gasteiger partial charge in [-0.3, -0.25) is 4.79 Å². The van der Waals surface area contributed by atoms with Gasteiger partial charge in [0.1, 0.15) is 11.4 Å². The van der Waals surface area contributed by atoms with Crippen LogP contribution in [-0.2, 0) is 14.3 Å². The minimum atomic E-state index is -0.496. The normalized spacial score (nSPS) is 10.0. The van der Waals surface area contributed by atoms with Crippen molar-refractivity contribution in [3.63, 3.8) is 0 Å². The Labute approximate surface area is 127 Å². The van der Waals surface area contributed by atoms with E-state index in [4.69, 9.17) is 9.47 Å². The van der Waals surface area contributed by atoms with Crippen molar-refractivity contribution in [2.75, 3.05) is 31.3 Å². The number of anilines is 1. The van der Waals surface area contributed by atoms with Crippen LogP contribution in [0.1, 0.15) is 30.6 Å². The number of carbonyl (C=O) groups excluding carboxylic acids is 2. The van der Waals surface area contributed by atoms with Crippen LogP contribution in [-0.4, -0.2) is 47.9 Å². The summed E-state index contributed by atoms with van der Waals surface area (Å²) in [6.07, 6.45) is 3.44. The molecular weight excluding hydrogens is 294 g/mol. The quantitative estimate of drug-likeness (QED) is 0.441. The highest BCUT2D eigenvalue weighted by molar-refractivity contribution is 7.98. The van der Waals surface area contributed by atoms with Crippen LogP contribution in [0.15, 0.2) is 11.4 Å². The van der Waals surface area contributed by atoms with Gasteiger partial charge in [-0.25, -0.2) is 14.8 Å². The van der Waals surface area contributed by atoms with Gasteiger partial charge in [-0.1, -0.05) is 11.8 Å². The van der Waals surface area contributed by atoms with Crippen molar-refractivity contribution in [3.8, 4) is 0 Å². The average molecular weight is 313 g/mol. The van der Waals surface area contributed by atoms with Gasteiger partial charge in [0.05, 0.1) is 19.6 Å². The van der Waals surface area contributed by atoms with Crippen molar-refractivity contribution in [2.24, 2.45) is 0 Å². The highest BCUT2D eigenvalue weighted by atomic mass is 32.2. The van der Waals surface area contributed by atoms with Crippen LogP contribution >= 0.6 is 11.8 Å². The molecule has 1 aromatic heterocycles. The second-order valence-electron chi connectivity index (χ2n) is 3.82. The van der Waals surface area contributed by atoms with Crippen molar-refractivity contribution in [2.45, 2.75) is 25.4 Å². The molecule has 0 saturated heterocycles. The molecule has 1 rings (SSSR count). The fourth-order valence-corrected chi connectivity index (χ4v) is 1.81. The monoisotopic (exact) mass is 313 g/mol. The summed E-state index contributed by atoms with van der Waals surface area (Å²) in [7, 11) is 0. The number of aromatic nitrogens is 2. The summed E-state index contributed by atoms with van der Waals surface area (Å²) < 4.78 is 9.78. The lowest BCUT2D eigenvalue weighted by atomic mass is 10.3. The first-order chi connectivity index (χ1) is 10.1. The number of thioether (sulfide) groups is 1. The highest BCUT2D eigenvalue weighted by Crippen LogP contribution is 2.17. The molecule has 0 unspecified atom stereocenters. The van der Waals surface area contributed by atoms with Gasteiger partial charge in [-0.15, -0.1) is 0 Å². The smallest absolute Gasteiger partial charge is 0.343 e. The highest BCUT2D eigenvalue weighted by Gasteiger charge is 2.16. The lowest BCUT2D eigenvalue weighted by molar-refractivity contribution is -0.142. The molecule has 0 aliphatic rings. The van der Waals surface area contributed by atoms with Gasteiger partial charge in [0, 0.05) is 12.7 Å². The summed E-state index contributed by atoms with van der Waals surface area (Å²) in [6, 6.07) is 0. The first kappa shape index (κ1) is 17.2. The maximum atomic E-state index is 11.8. The second kappa shape index (κ2) is 9.17. The summed E-state index contributed by atoms with van der Waals surface area (Å²) in [5.41, 5.74) is 0.249. The number of ether oxygens (including phenoxy) is 2. The molecule has 1 heterocycles. The third kappa shape index (κ3) is 5.58. The zero-order chi connectivity index (χ0) is 15.7. The largest absolute Gasteiger partial charge is 0.466 e. The molecule has 0 spiro atoms. The first-order valence-corrected chi connectivity index (χ1v) is 7.82. The van der Waals surface area contributed by atoms with Crippen molar-refractivity contribution in [3.05, 3.63) is 11.8 Å². The minimum absolute atomic E-state index is 0.189. The maximum Gasteiger partial charge on any atom is 0.343 e. The Morgan fingerprint density at radius 2 is 2.00 bits per heavy atom. The van der Waals surface area contributed by atoms with Crippen LogP contribution in [0.25, 0.3) is 0 Å². The standard InChI is InChI=1S/C13H19N3O4S/c1-4-19-10(17)6-7-14-11-9(12(18)20-5-2)8-15-13(16-11)21-3/h8H,4-7H2,1-3H3,(H,14,15,16). The van der Waals surface area contributed by atoms with Crippen LogP contribution in [0, 0.1) is 0 Å². The molecule has 1 aromatic rings.